The number of hydrogen-bond acceptors (Lipinski definition) is 5. The Morgan fingerprint density at radius 1 is 1.42 bits per heavy atom. The third-order valence-corrected chi connectivity index (χ3v) is 4.66. The first-order valence-electron chi connectivity index (χ1n) is 7.40. The Kier molecular flexibility index (Phi) is 6.53. The molecule has 1 aliphatic heterocycles. The van der Waals surface area contributed by atoms with Gasteiger partial charge in [0.05, 0.1) is 5.69 Å². The molecule has 2 heterocycles. The third-order valence-electron chi connectivity index (χ3n) is 3.79. The van der Waals surface area contributed by atoms with Gasteiger partial charge in [0.1, 0.15) is 29.2 Å². The van der Waals surface area contributed by atoms with Crippen molar-refractivity contribution >= 4 is 29.7 Å². The topological polar surface area (TPSA) is 62.7 Å². The number of aromatic nitrogens is 1. The summed E-state index contributed by atoms with van der Waals surface area (Å²) in [5.41, 5.74) is 0.862. The van der Waals surface area contributed by atoms with Gasteiger partial charge < -0.3 is 9.84 Å². The fraction of sp³-hybridized carbons (Fsp3) is 0.375. The number of carbonyl (C=O) groups is 1. The summed E-state index contributed by atoms with van der Waals surface area (Å²) in [4.78, 5) is 17.6. The molecule has 3 rings (SSSR count). The molecule has 1 saturated heterocycles. The van der Waals surface area contributed by atoms with Crippen LogP contribution in [0.5, 0.6) is 5.75 Å². The summed E-state index contributed by atoms with van der Waals surface area (Å²) >= 11 is 1.48. The van der Waals surface area contributed by atoms with Gasteiger partial charge in [-0.15, -0.1) is 23.7 Å². The molecule has 2 aromatic rings. The first-order chi connectivity index (χ1) is 11.1. The zero-order valence-electron chi connectivity index (χ0n) is 12.9. The molecule has 1 atom stereocenters. The summed E-state index contributed by atoms with van der Waals surface area (Å²) < 4.78 is 18.4. The van der Waals surface area contributed by atoms with Gasteiger partial charge in [-0.3, -0.25) is 9.69 Å². The molecule has 5 nitrogen and oxygen atoms in total. The first kappa shape index (κ1) is 18.6. The van der Waals surface area contributed by atoms with Crippen LogP contribution in [-0.2, 0) is 17.9 Å². The highest BCUT2D eigenvalue weighted by Gasteiger charge is 2.30. The monoisotopic (exact) mass is 372 g/mol. The van der Waals surface area contributed by atoms with Gasteiger partial charge in [0, 0.05) is 11.9 Å². The second-order valence-electron chi connectivity index (χ2n) is 5.44. The maximum atomic E-state index is 12.8. The average molecular weight is 373 g/mol. The molecule has 0 bridgehead atoms. The molecule has 0 saturated carbocycles. The summed E-state index contributed by atoms with van der Waals surface area (Å²) in [5, 5.41) is 11.9. The lowest BCUT2D eigenvalue weighted by Crippen LogP contribution is -2.35. The number of likely N-dealkylation sites (tertiary alicyclic amines) is 1. The summed E-state index contributed by atoms with van der Waals surface area (Å²) in [6.07, 6.45) is 1.60. The number of ether oxygens (including phenoxy) is 1. The van der Waals surface area contributed by atoms with Crippen molar-refractivity contribution in [1.29, 1.82) is 0 Å². The van der Waals surface area contributed by atoms with Gasteiger partial charge in [0.15, 0.2) is 0 Å². The van der Waals surface area contributed by atoms with Crippen molar-refractivity contribution in [2.75, 3.05) is 6.54 Å². The highest BCUT2D eigenvalue weighted by atomic mass is 35.5. The molecule has 1 unspecified atom stereocenters. The van der Waals surface area contributed by atoms with Crippen LogP contribution >= 0.6 is 23.7 Å². The minimum absolute atomic E-state index is 0. The van der Waals surface area contributed by atoms with Gasteiger partial charge >= 0.3 is 5.97 Å². The van der Waals surface area contributed by atoms with E-state index in [1.807, 2.05) is 10.3 Å². The fourth-order valence-electron chi connectivity index (χ4n) is 2.67. The number of rotatable bonds is 6. The van der Waals surface area contributed by atoms with E-state index < -0.39 is 12.0 Å². The standard InChI is InChI=1S/C16H17FN2O3S.ClH/c17-11-3-5-13(6-4-11)22-9-15-18-12(10-23-15)8-19-7-1-2-14(19)16(20)21;/h3-6,10,14H,1-2,7-9H2,(H,20,21);1H. The molecule has 0 radical (unpaired) electrons. The van der Waals surface area contributed by atoms with Crippen molar-refractivity contribution in [1.82, 2.24) is 9.88 Å². The van der Waals surface area contributed by atoms with E-state index in [0.29, 0.717) is 25.3 Å². The minimum Gasteiger partial charge on any atom is -0.486 e. The van der Waals surface area contributed by atoms with Crippen LogP contribution in [0, 0.1) is 5.82 Å². The summed E-state index contributed by atoms with van der Waals surface area (Å²) in [5.74, 6) is -0.473. The smallest absolute Gasteiger partial charge is 0.320 e. The Morgan fingerprint density at radius 3 is 2.88 bits per heavy atom. The minimum atomic E-state index is -0.766. The van der Waals surface area contributed by atoms with Gasteiger partial charge in [-0.05, 0) is 43.7 Å². The molecule has 1 aliphatic rings. The molecule has 8 heteroatoms. The van der Waals surface area contributed by atoms with Crippen molar-refractivity contribution in [3.05, 3.63) is 46.2 Å². The van der Waals surface area contributed by atoms with Crippen molar-refractivity contribution in [2.45, 2.75) is 32.0 Å². The normalized spacial score (nSPS) is 17.5. The number of nitrogens with zero attached hydrogens (tertiary/aromatic N) is 2. The first-order valence-corrected chi connectivity index (χ1v) is 8.28. The molecule has 130 valence electrons. The van der Waals surface area contributed by atoms with Crippen LogP contribution in [0.1, 0.15) is 23.5 Å². The molecule has 1 aromatic carbocycles. The lowest BCUT2D eigenvalue weighted by Gasteiger charge is -2.19. The van der Waals surface area contributed by atoms with Crippen LogP contribution in [0.15, 0.2) is 29.6 Å². The number of halogens is 2. The zero-order valence-corrected chi connectivity index (χ0v) is 14.5. The highest BCUT2D eigenvalue weighted by Crippen LogP contribution is 2.22. The van der Waals surface area contributed by atoms with Crippen LogP contribution in [0.4, 0.5) is 4.39 Å². The maximum absolute atomic E-state index is 12.8. The van der Waals surface area contributed by atoms with Crippen LogP contribution < -0.4 is 4.74 Å². The Bertz CT molecular complexity index is 680. The van der Waals surface area contributed by atoms with Crippen molar-refractivity contribution in [2.24, 2.45) is 0 Å². The molecule has 0 spiro atoms. The second kappa shape index (κ2) is 8.41. The van der Waals surface area contributed by atoms with Crippen LogP contribution in [0.2, 0.25) is 0 Å². The van der Waals surface area contributed by atoms with E-state index in [-0.39, 0.29) is 18.2 Å². The number of aliphatic carboxylic acids is 1. The summed E-state index contributed by atoms with van der Waals surface area (Å²) in [6, 6.07) is 5.44. The molecular weight excluding hydrogens is 355 g/mol. The molecular formula is C16H18ClFN2O3S. The Hall–Kier alpha value is -1.70. The van der Waals surface area contributed by atoms with E-state index in [9.17, 15) is 14.3 Å². The zero-order chi connectivity index (χ0) is 16.2. The van der Waals surface area contributed by atoms with Gasteiger partial charge in [-0.25, -0.2) is 9.37 Å². The van der Waals surface area contributed by atoms with Crippen molar-refractivity contribution < 1.29 is 19.0 Å². The van der Waals surface area contributed by atoms with Crippen molar-refractivity contribution in [3.63, 3.8) is 0 Å². The van der Waals surface area contributed by atoms with Gasteiger partial charge in [0.2, 0.25) is 0 Å². The lowest BCUT2D eigenvalue weighted by molar-refractivity contribution is -0.142. The number of benzene rings is 1. The fourth-order valence-corrected chi connectivity index (χ4v) is 3.36. The van der Waals surface area contributed by atoms with E-state index in [1.165, 1.54) is 23.5 Å². The third kappa shape index (κ3) is 4.66. The van der Waals surface area contributed by atoms with E-state index in [0.717, 1.165) is 23.7 Å². The van der Waals surface area contributed by atoms with Crippen molar-refractivity contribution in [3.8, 4) is 5.75 Å². The molecule has 1 N–H and O–H groups in total. The number of hydrogen-bond donors (Lipinski definition) is 1. The Balaban J connectivity index is 0.00000208. The maximum Gasteiger partial charge on any atom is 0.320 e. The predicted molar refractivity (Wildman–Crippen MR) is 91.2 cm³/mol. The number of carboxylic acids is 1. The number of carboxylic acid groups (broad SMARTS) is 1. The van der Waals surface area contributed by atoms with Gasteiger partial charge in [-0.2, -0.15) is 0 Å². The van der Waals surface area contributed by atoms with E-state index in [2.05, 4.69) is 4.98 Å². The Morgan fingerprint density at radius 2 is 2.17 bits per heavy atom. The average Bonchev–Trinajstić information content (AvgIpc) is 3.16. The van der Waals surface area contributed by atoms with Gasteiger partial charge in [-0.1, -0.05) is 0 Å². The van der Waals surface area contributed by atoms with E-state index in [4.69, 9.17) is 4.74 Å². The molecule has 0 amide bonds. The predicted octanol–water partition coefficient (Wildman–Crippen LogP) is 3.33. The quantitative estimate of drug-likeness (QED) is 0.842. The van der Waals surface area contributed by atoms with Crippen LogP contribution in [0.3, 0.4) is 0 Å². The van der Waals surface area contributed by atoms with E-state index >= 15 is 0 Å². The Labute approximate surface area is 149 Å². The van der Waals surface area contributed by atoms with Crippen LogP contribution in [-0.4, -0.2) is 33.5 Å². The lowest BCUT2D eigenvalue weighted by atomic mass is 10.2. The molecule has 0 aliphatic carbocycles. The molecule has 1 aromatic heterocycles. The second-order valence-corrected chi connectivity index (χ2v) is 6.38. The summed E-state index contributed by atoms with van der Waals surface area (Å²) in [7, 11) is 0. The molecule has 24 heavy (non-hydrogen) atoms. The molecule has 1 fully saturated rings. The summed E-state index contributed by atoms with van der Waals surface area (Å²) in [6.45, 7) is 1.65. The number of thiazole rings is 1. The van der Waals surface area contributed by atoms with E-state index in [1.54, 1.807) is 12.1 Å². The van der Waals surface area contributed by atoms with Crippen LogP contribution in [0.25, 0.3) is 0 Å². The highest BCUT2D eigenvalue weighted by molar-refractivity contribution is 7.09. The SMILES string of the molecule is Cl.O=C(O)C1CCCN1Cc1csc(COc2ccc(F)cc2)n1. The largest absolute Gasteiger partial charge is 0.486 e. The van der Waals surface area contributed by atoms with Gasteiger partial charge in [0.25, 0.3) is 0 Å².